The molecule has 0 bridgehead atoms. The summed E-state index contributed by atoms with van der Waals surface area (Å²) in [4.78, 5) is 0. The van der Waals surface area contributed by atoms with E-state index in [-0.39, 0.29) is 12.7 Å². The van der Waals surface area contributed by atoms with Crippen LogP contribution >= 0.6 is 0 Å². The Morgan fingerprint density at radius 1 is 1.36 bits per heavy atom. The minimum absolute atomic E-state index is 0.0601. The predicted octanol–water partition coefficient (Wildman–Crippen LogP) is 2.08. The van der Waals surface area contributed by atoms with Crippen LogP contribution in [0.1, 0.15) is 46.0 Å². The van der Waals surface area contributed by atoms with Crippen molar-refractivity contribution in [3.05, 3.63) is 0 Å². The molecule has 0 radical (unpaired) electrons. The van der Waals surface area contributed by atoms with Crippen molar-refractivity contribution in [3.8, 4) is 0 Å². The third-order valence-corrected chi connectivity index (χ3v) is 2.68. The summed E-state index contributed by atoms with van der Waals surface area (Å²) in [5, 5.41) is 8.90. The maximum absolute atomic E-state index is 8.90. The maximum Gasteiger partial charge on any atom is 0.166 e. The van der Waals surface area contributed by atoms with E-state index in [1.807, 2.05) is 6.92 Å². The molecule has 2 atom stereocenters. The van der Waals surface area contributed by atoms with Gasteiger partial charge >= 0.3 is 0 Å². The zero-order valence-electron chi connectivity index (χ0n) is 9.29. The molecule has 1 rings (SSSR count). The van der Waals surface area contributed by atoms with Crippen LogP contribution in [-0.4, -0.2) is 30.2 Å². The number of aliphatic hydroxyl groups excluding tert-OH is 1. The lowest BCUT2D eigenvalue weighted by molar-refractivity contribution is -0.162. The van der Waals surface area contributed by atoms with Crippen LogP contribution in [0.25, 0.3) is 0 Å². The molecule has 1 fully saturated rings. The van der Waals surface area contributed by atoms with Gasteiger partial charge in [-0.05, 0) is 13.3 Å². The van der Waals surface area contributed by atoms with Gasteiger partial charge in [0.2, 0.25) is 0 Å². The molecule has 84 valence electrons. The summed E-state index contributed by atoms with van der Waals surface area (Å²) < 4.78 is 11.1. The Bertz CT molecular complexity index is 161. The van der Waals surface area contributed by atoms with Gasteiger partial charge < -0.3 is 14.6 Å². The molecule has 3 heteroatoms. The van der Waals surface area contributed by atoms with Crippen LogP contribution in [0.2, 0.25) is 0 Å². The number of hydrogen-bond acceptors (Lipinski definition) is 3. The quantitative estimate of drug-likeness (QED) is 0.670. The molecule has 0 aromatic rings. The van der Waals surface area contributed by atoms with Crippen molar-refractivity contribution < 1.29 is 14.6 Å². The van der Waals surface area contributed by atoms with Crippen LogP contribution in [-0.2, 0) is 9.47 Å². The van der Waals surface area contributed by atoms with E-state index in [9.17, 15) is 0 Å². The molecular weight excluding hydrogens is 180 g/mol. The molecule has 1 aliphatic rings. The Hall–Kier alpha value is -0.120. The lowest BCUT2D eigenvalue weighted by Crippen LogP contribution is -2.27. The van der Waals surface area contributed by atoms with Crippen molar-refractivity contribution in [2.24, 2.45) is 0 Å². The van der Waals surface area contributed by atoms with Gasteiger partial charge in [-0.3, -0.25) is 0 Å². The number of ether oxygens (including phenoxy) is 2. The van der Waals surface area contributed by atoms with Gasteiger partial charge in [-0.1, -0.05) is 26.2 Å². The van der Waals surface area contributed by atoms with Gasteiger partial charge in [0.05, 0.1) is 13.2 Å². The smallest absolute Gasteiger partial charge is 0.166 e. The molecule has 14 heavy (non-hydrogen) atoms. The average molecular weight is 202 g/mol. The highest BCUT2D eigenvalue weighted by Gasteiger charge is 2.35. The molecule has 0 aromatic carbocycles. The molecule has 1 aliphatic heterocycles. The first-order chi connectivity index (χ1) is 6.70. The zero-order valence-corrected chi connectivity index (χ0v) is 9.29. The summed E-state index contributed by atoms with van der Waals surface area (Å²) in [5.41, 5.74) is 0. The van der Waals surface area contributed by atoms with Gasteiger partial charge in [0.25, 0.3) is 0 Å². The SMILES string of the molecule is CCCCCCC1(C)OCC(CO)O1. The van der Waals surface area contributed by atoms with E-state index >= 15 is 0 Å². The van der Waals surface area contributed by atoms with Crippen LogP contribution in [0, 0.1) is 0 Å². The van der Waals surface area contributed by atoms with E-state index in [4.69, 9.17) is 14.6 Å². The minimum Gasteiger partial charge on any atom is -0.394 e. The molecule has 0 aromatic heterocycles. The second-order valence-corrected chi connectivity index (χ2v) is 4.18. The van der Waals surface area contributed by atoms with Crippen molar-refractivity contribution in [3.63, 3.8) is 0 Å². The Morgan fingerprint density at radius 2 is 2.14 bits per heavy atom. The van der Waals surface area contributed by atoms with Crippen molar-refractivity contribution in [2.75, 3.05) is 13.2 Å². The minimum atomic E-state index is -0.443. The van der Waals surface area contributed by atoms with Gasteiger partial charge in [-0.2, -0.15) is 0 Å². The first-order valence-electron chi connectivity index (χ1n) is 5.63. The van der Waals surface area contributed by atoms with E-state index < -0.39 is 5.79 Å². The summed E-state index contributed by atoms with van der Waals surface area (Å²) in [6, 6.07) is 0. The van der Waals surface area contributed by atoms with E-state index in [1.165, 1.54) is 19.3 Å². The maximum atomic E-state index is 8.90. The van der Waals surface area contributed by atoms with E-state index in [2.05, 4.69) is 6.92 Å². The van der Waals surface area contributed by atoms with Crippen LogP contribution in [0.3, 0.4) is 0 Å². The van der Waals surface area contributed by atoms with Crippen LogP contribution in [0.4, 0.5) is 0 Å². The standard InChI is InChI=1S/C11H22O3/c1-3-4-5-6-7-11(2)13-9-10(8-12)14-11/h10,12H,3-9H2,1-2H3. The first kappa shape index (κ1) is 12.0. The average Bonchev–Trinajstić information content (AvgIpc) is 2.56. The van der Waals surface area contributed by atoms with Crippen molar-refractivity contribution in [1.82, 2.24) is 0 Å². The van der Waals surface area contributed by atoms with Crippen LogP contribution in [0.5, 0.6) is 0 Å². The lowest BCUT2D eigenvalue weighted by atomic mass is 10.1. The summed E-state index contributed by atoms with van der Waals surface area (Å²) in [6.45, 7) is 4.76. The Labute approximate surface area is 86.4 Å². The highest BCUT2D eigenvalue weighted by atomic mass is 16.7. The molecule has 3 nitrogen and oxygen atoms in total. The van der Waals surface area contributed by atoms with Crippen molar-refractivity contribution in [2.45, 2.75) is 57.8 Å². The Balaban J connectivity index is 2.16. The highest BCUT2D eigenvalue weighted by molar-refractivity contribution is 4.74. The van der Waals surface area contributed by atoms with Gasteiger partial charge in [-0.15, -0.1) is 0 Å². The number of rotatable bonds is 6. The van der Waals surface area contributed by atoms with E-state index in [0.717, 1.165) is 12.8 Å². The molecule has 1 heterocycles. The molecule has 0 amide bonds. The van der Waals surface area contributed by atoms with Crippen LogP contribution < -0.4 is 0 Å². The molecular formula is C11H22O3. The van der Waals surface area contributed by atoms with Gasteiger partial charge in [-0.25, -0.2) is 0 Å². The number of unbranched alkanes of at least 4 members (excludes halogenated alkanes) is 3. The molecule has 0 aliphatic carbocycles. The fourth-order valence-electron chi connectivity index (χ4n) is 1.78. The molecule has 1 saturated heterocycles. The third-order valence-electron chi connectivity index (χ3n) is 2.68. The van der Waals surface area contributed by atoms with Gasteiger partial charge in [0, 0.05) is 6.42 Å². The molecule has 1 N–H and O–H groups in total. The highest BCUT2D eigenvalue weighted by Crippen LogP contribution is 2.28. The first-order valence-corrected chi connectivity index (χ1v) is 5.63. The molecule has 0 saturated carbocycles. The van der Waals surface area contributed by atoms with Gasteiger partial charge in [0.1, 0.15) is 6.10 Å². The fraction of sp³-hybridized carbons (Fsp3) is 1.00. The normalized spacial score (nSPS) is 32.4. The number of aliphatic hydroxyl groups is 1. The van der Waals surface area contributed by atoms with Crippen LogP contribution in [0.15, 0.2) is 0 Å². The van der Waals surface area contributed by atoms with E-state index in [1.54, 1.807) is 0 Å². The zero-order chi connectivity index (χ0) is 10.4. The second-order valence-electron chi connectivity index (χ2n) is 4.18. The monoisotopic (exact) mass is 202 g/mol. The lowest BCUT2D eigenvalue weighted by Gasteiger charge is -2.22. The summed E-state index contributed by atoms with van der Waals surface area (Å²) in [6.07, 6.45) is 5.72. The third kappa shape index (κ3) is 3.56. The summed E-state index contributed by atoms with van der Waals surface area (Å²) in [7, 11) is 0. The topological polar surface area (TPSA) is 38.7 Å². The predicted molar refractivity (Wildman–Crippen MR) is 55.1 cm³/mol. The largest absolute Gasteiger partial charge is 0.394 e. The summed E-state index contributed by atoms with van der Waals surface area (Å²) in [5.74, 6) is -0.443. The van der Waals surface area contributed by atoms with Crippen molar-refractivity contribution >= 4 is 0 Å². The van der Waals surface area contributed by atoms with Crippen molar-refractivity contribution in [1.29, 1.82) is 0 Å². The van der Waals surface area contributed by atoms with E-state index in [0.29, 0.717) is 6.61 Å². The molecule has 0 spiro atoms. The van der Waals surface area contributed by atoms with Gasteiger partial charge in [0.15, 0.2) is 5.79 Å². The fourth-order valence-corrected chi connectivity index (χ4v) is 1.78. The Kier molecular flexibility index (Phi) is 4.85. The number of hydrogen-bond donors (Lipinski definition) is 1. The summed E-state index contributed by atoms with van der Waals surface area (Å²) >= 11 is 0. The Morgan fingerprint density at radius 3 is 2.71 bits per heavy atom. The second kappa shape index (κ2) is 5.69. The molecule has 2 unspecified atom stereocenters.